The summed E-state index contributed by atoms with van der Waals surface area (Å²) in [6, 6.07) is 2.03. The molecule has 2 rings (SSSR count). The van der Waals surface area contributed by atoms with E-state index in [4.69, 9.17) is 26.8 Å². The van der Waals surface area contributed by atoms with E-state index in [1.54, 1.807) is 0 Å². The first-order chi connectivity index (χ1) is 9.15. The SMILES string of the molecule is CC(C)c1c(CCCCN)cc(Cl)c2c1OCCO2. The second-order valence-corrected chi connectivity index (χ2v) is 5.59. The number of unbranched alkanes of at least 4 members (excludes halogenated alkanes) is 1. The lowest BCUT2D eigenvalue weighted by atomic mass is 9.92. The summed E-state index contributed by atoms with van der Waals surface area (Å²) in [5.74, 6) is 1.94. The monoisotopic (exact) mass is 283 g/mol. The van der Waals surface area contributed by atoms with Gasteiger partial charge in [0.1, 0.15) is 13.2 Å². The van der Waals surface area contributed by atoms with Crippen LogP contribution in [0.5, 0.6) is 11.5 Å². The molecule has 1 aromatic carbocycles. The average molecular weight is 284 g/mol. The van der Waals surface area contributed by atoms with Crippen LogP contribution in [0.2, 0.25) is 5.02 Å². The molecule has 0 unspecified atom stereocenters. The van der Waals surface area contributed by atoms with Crippen molar-refractivity contribution in [1.82, 2.24) is 0 Å². The first-order valence-electron chi connectivity index (χ1n) is 6.96. The number of fused-ring (bicyclic) bond motifs is 1. The molecule has 0 fully saturated rings. The number of rotatable bonds is 5. The zero-order valence-corrected chi connectivity index (χ0v) is 12.4. The Morgan fingerprint density at radius 3 is 2.53 bits per heavy atom. The molecule has 2 N–H and O–H groups in total. The van der Waals surface area contributed by atoms with Gasteiger partial charge in [-0.15, -0.1) is 0 Å². The summed E-state index contributed by atoms with van der Waals surface area (Å²) >= 11 is 6.31. The zero-order valence-electron chi connectivity index (χ0n) is 11.7. The number of hydrogen-bond acceptors (Lipinski definition) is 3. The van der Waals surface area contributed by atoms with Crippen LogP contribution in [0.15, 0.2) is 6.07 Å². The highest BCUT2D eigenvalue weighted by Gasteiger charge is 2.24. The van der Waals surface area contributed by atoms with E-state index in [9.17, 15) is 0 Å². The molecule has 0 spiro atoms. The Labute approximate surface area is 120 Å². The quantitative estimate of drug-likeness (QED) is 0.841. The maximum Gasteiger partial charge on any atom is 0.180 e. The summed E-state index contributed by atoms with van der Waals surface area (Å²) < 4.78 is 11.5. The molecule has 1 heterocycles. The van der Waals surface area contributed by atoms with E-state index in [-0.39, 0.29) is 0 Å². The lowest BCUT2D eigenvalue weighted by Crippen LogP contribution is -2.18. The van der Waals surface area contributed by atoms with Crippen molar-refractivity contribution < 1.29 is 9.47 Å². The van der Waals surface area contributed by atoms with Crippen molar-refractivity contribution in [1.29, 1.82) is 0 Å². The Morgan fingerprint density at radius 1 is 1.21 bits per heavy atom. The van der Waals surface area contributed by atoms with Gasteiger partial charge in [0.25, 0.3) is 0 Å². The van der Waals surface area contributed by atoms with E-state index < -0.39 is 0 Å². The second kappa shape index (κ2) is 6.49. The van der Waals surface area contributed by atoms with Gasteiger partial charge in [0.15, 0.2) is 11.5 Å². The topological polar surface area (TPSA) is 44.5 Å². The molecule has 0 radical (unpaired) electrons. The van der Waals surface area contributed by atoms with Gasteiger partial charge in [0, 0.05) is 5.56 Å². The molecule has 0 aromatic heterocycles. The van der Waals surface area contributed by atoms with Crippen LogP contribution in [0.1, 0.15) is 43.7 Å². The molecular formula is C15H22ClNO2. The Hall–Kier alpha value is -0.930. The molecule has 3 nitrogen and oxygen atoms in total. The van der Waals surface area contributed by atoms with Crippen molar-refractivity contribution >= 4 is 11.6 Å². The molecule has 4 heteroatoms. The third-order valence-electron chi connectivity index (χ3n) is 3.37. The van der Waals surface area contributed by atoms with Gasteiger partial charge < -0.3 is 15.2 Å². The number of hydrogen-bond donors (Lipinski definition) is 1. The highest BCUT2D eigenvalue weighted by atomic mass is 35.5. The van der Waals surface area contributed by atoms with E-state index in [2.05, 4.69) is 13.8 Å². The van der Waals surface area contributed by atoms with E-state index in [1.165, 1.54) is 11.1 Å². The highest BCUT2D eigenvalue weighted by Crippen LogP contribution is 2.45. The largest absolute Gasteiger partial charge is 0.486 e. The molecule has 0 amide bonds. The van der Waals surface area contributed by atoms with Crippen molar-refractivity contribution in [3.8, 4) is 11.5 Å². The first kappa shape index (κ1) is 14.5. The van der Waals surface area contributed by atoms with Gasteiger partial charge in [-0.2, -0.15) is 0 Å². The summed E-state index contributed by atoms with van der Waals surface area (Å²) in [7, 11) is 0. The van der Waals surface area contributed by atoms with Crippen molar-refractivity contribution in [2.75, 3.05) is 19.8 Å². The lowest BCUT2D eigenvalue weighted by molar-refractivity contribution is 0.169. The molecular weight excluding hydrogens is 262 g/mol. The standard InChI is InChI=1S/C15H22ClNO2/c1-10(2)13-11(5-3-4-6-17)9-12(16)14-15(13)19-8-7-18-14/h9-10H,3-8,17H2,1-2H3. The predicted octanol–water partition coefficient (Wildman–Crippen LogP) is 3.52. The molecule has 1 aliphatic heterocycles. The van der Waals surface area contributed by atoms with Crippen LogP contribution in [0.3, 0.4) is 0 Å². The van der Waals surface area contributed by atoms with Crippen LogP contribution >= 0.6 is 11.6 Å². The average Bonchev–Trinajstić information content (AvgIpc) is 2.39. The summed E-state index contributed by atoms with van der Waals surface area (Å²) in [6.07, 6.45) is 3.09. The smallest absolute Gasteiger partial charge is 0.180 e. The van der Waals surface area contributed by atoms with Gasteiger partial charge in [-0.1, -0.05) is 25.4 Å². The van der Waals surface area contributed by atoms with Gasteiger partial charge in [-0.25, -0.2) is 0 Å². The van der Waals surface area contributed by atoms with Gasteiger partial charge in [-0.05, 0) is 43.4 Å². The van der Waals surface area contributed by atoms with Crippen LogP contribution < -0.4 is 15.2 Å². The van der Waals surface area contributed by atoms with Gasteiger partial charge in [0.2, 0.25) is 0 Å². The summed E-state index contributed by atoms with van der Waals surface area (Å²) in [6.45, 7) is 6.24. The van der Waals surface area contributed by atoms with Crippen LogP contribution in [0, 0.1) is 0 Å². The number of nitrogens with two attached hydrogens (primary N) is 1. The van der Waals surface area contributed by atoms with Crippen molar-refractivity contribution in [2.24, 2.45) is 5.73 Å². The van der Waals surface area contributed by atoms with Crippen LogP contribution in [-0.4, -0.2) is 19.8 Å². The number of aryl methyl sites for hydroxylation is 1. The highest BCUT2D eigenvalue weighted by molar-refractivity contribution is 6.32. The first-order valence-corrected chi connectivity index (χ1v) is 7.34. The molecule has 0 atom stereocenters. The van der Waals surface area contributed by atoms with Crippen molar-refractivity contribution in [3.05, 3.63) is 22.2 Å². The van der Waals surface area contributed by atoms with Crippen LogP contribution in [0.4, 0.5) is 0 Å². The fourth-order valence-electron chi connectivity index (χ4n) is 2.54. The molecule has 0 saturated heterocycles. The fourth-order valence-corrected chi connectivity index (χ4v) is 2.81. The minimum atomic E-state index is 0.389. The summed E-state index contributed by atoms with van der Waals surface area (Å²) in [4.78, 5) is 0. The molecule has 0 saturated carbocycles. The lowest BCUT2D eigenvalue weighted by Gasteiger charge is -2.26. The molecule has 0 bridgehead atoms. The van der Waals surface area contributed by atoms with Crippen molar-refractivity contribution in [3.63, 3.8) is 0 Å². The normalized spacial score (nSPS) is 13.9. The van der Waals surface area contributed by atoms with Gasteiger partial charge in [-0.3, -0.25) is 0 Å². The molecule has 1 aliphatic rings. The molecule has 19 heavy (non-hydrogen) atoms. The maximum atomic E-state index is 6.31. The third-order valence-corrected chi connectivity index (χ3v) is 3.65. The summed E-state index contributed by atoms with van der Waals surface area (Å²) in [5, 5.41) is 0.654. The van der Waals surface area contributed by atoms with E-state index in [1.807, 2.05) is 6.07 Å². The van der Waals surface area contributed by atoms with E-state index in [0.717, 1.165) is 31.6 Å². The molecule has 0 aliphatic carbocycles. The van der Waals surface area contributed by atoms with Gasteiger partial charge >= 0.3 is 0 Å². The minimum Gasteiger partial charge on any atom is -0.486 e. The molecule has 1 aromatic rings. The maximum absolute atomic E-state index is 6.31. The van der Waals surface area contributed by atoms with Crippen LogP contribution in [0.25, 0.3) is 0 Å². The zero-order chi connectivity index (χ0) is 13.8. The van der Waals surface area contributed by atoms with E-state index >= 15 is 0 Å². The van der Waals surface area contributed by atoms with Crippen LogP contribution in [-0.2, 0) is 6.42 Å². The Balaban J connectivity index is 2.38. The molecule has 106 valence electrons. The Kier molecular flexibility index (Phi) is 4.94. The van der Waals surface area contributed by atoms with Gasteiger partial charge in [0.05, 0.1) is 5.02 Å². The fraction of sp³-hybridized carbons (Fsp3) is 0.600. The predicted molar refractivity (Wildman–Crippen MR) is 78.5 cm³/mol. The van der Waals surface area contributed by atoms with Crippen molar-refractivity contribution in [2.45, 2.75) is 39.0 Å². The second-order valence-electron chi connectivity index (χ2n) is 5.19. The van der Waals surface area contributed by atoms with E-state index in [0.29, 0.717) is 29.9 Å². The number of ether oxygens (including phenoxy) is 2. The third kappa shape index (κ3) is 3.15. The Morgan fingerprint density at radius 2 is 1.89 bits per heavy atom. The summed E-state index contributed by atoms with van der Waals surface area (Å²) in [5.41, 5.74) is 8.05. The minimum absolute atomic E-state index is 0.389. The number of halogens is 1. The Bertz CT molecular complexity index is 446. The number of benzene rings is 1.